The van der Waals surface area contributed by atoms with E-state index in [0.29, 0.717) is 18.5 Å². The topological polar surface area (TPSA) is 82.5 Å². The van der Waals surface area contributed by atoms with Crippen LogP contribution in [0.1, 0.15) is 16.1 Å². The molecule has 2 rings (SSSR count). The van der Waals surface area contributed by atoms with Crippen molar-refractivity contribution in [3.05, 3.63) is 40.3 Å². The summed E-state index contributed by atoms with van der Waals surface area (Å²) in [7, 11) is 0. The van der Waals surface area contributed by atoms with Crippen molar-refractivity contribution in [2.75, 3.05) is 6.54 Å². The number of carbonyl (C=O) groups excluding carboxylic acids is 1. The van der Waals surface area contributed by atoms with Crippen molar-refractivity contribution in [1.29, 1.82) is 0 Å². The molecule has 1 aromatic carbocycles. The molecule has 0 radical (unpaired) electrons. The van der Waals surface area contributed by atoms with Gasteiger partial charge in [-0.1, -0.05) is 0 Å². The summed E-state index contributed by atoms with van der Waals surface area (Å²) >= 11 is 1.51. The van der Waals surface area contributed by atoms with Crippen LogP contribution in [0.4, 0.5) is 0 Å². The number of nitrogens with one attached hydrogen (secondary N) is 1. The Bertz CT molecular complexity index is 540. The van der Waals surface area contributed by atoms with Gasteiger partial charge in [-0.15, -0.1) is 11.3 Å². The first-order chi connectivity index (χ1) is 8.66. The van der Waals surface area contributed by atoms with Gasteiger partial charge in [-0.2, -0.15) is 0 Å². The van der Waals surface area contributed by atoms with E-state index < -0.39 is 0 Å². The van der Waals surface area contributed by atoms with Crippen LogP contribution in [0.2, 0.25) is 0 Å². The summed E-state index contributed by atoms with van der Waals surface area (Å²) < 4.78 is 0. The molecule has 18 heavy (non-hydrogen) atoms. The van der Waals surface area contributed by atoms with Crippen LogP contribution in [-0.2, 0) is 6.42 Å². The lowest BCUT2D eigenvalue weighted by molar-refractivity contribution is 0.0953. The highest BCUT2D eigenvalue weighted by Gasteiger charge is 2.08. The third kappa shape index (κ3) is 2.98. The summed E-state index contributed by atoms with van der Waals surface area (Å²) in [6.45, 7) is 0.476. The minimum atomic E-state index is -0.304. The summed E-state index contributed by atoms with van der Waals surface area (Å²) in [4.78, 5) is 15.8. The lowest BCUT2D eigenvalue weighted by Crippen LogP contribution is -2.25. The van der Waals surface area contributed by atoms with Gasteiger partial charge >= 0.3 is 0 Å². The monoisotopic (exact) mass is 264 g/mol. The standard InChI is InChI=1S/C12H12N2O3S/c15-10-2-1-8(5-11(10)16)12(17)13-4-3-9-6-18-7-14-9/h1-2,5-7,15-16H,3-4H2,(H,13,17). The molecule has 1 heterocycles. The van der Waals surface area contributed by atoms with E-state index in [2.05, 4.69) is 10.3 Å². The molecule has 1 aromatic heterocycles. The molecule has 3 N–H and O–H groups in total. The molecule has 0 spiro atoms. The number of phenolic OH excluding ortho intramolecular Hbond substituents is 2. The molecular weight excluding hydrogens is 252 g/mol. The smallest absolute Gasteiger partial charge is 0.251 e. The van der Waals surface area contributed by atoms with Crippen LogP contribution >= 0.6 is 11.3 Å². The van der Waals surface area contributed by atoms with Gasteiger partial charge in [0.05, 0.1) is 11.2 Å². The van der Waals surface area contributed by atoms with Crippen LogP contribution in [0.15, 0.2) is 29.1 Å². The number of aromatic hydroxyl groups is 2. The average Bonchev–Trinajstić information content (AvgIpc) is 2.85. The predicted octanol–water partition coefficient (Wildman–Crippen LogP) is 1.53. The Morgan fingerprint density at radius 3 is 2.83 bits per heavy atom. The Hall–Kier alpha value is -2.08. The summed E-state index contributed by atoms with van der Waals surface area (Å²) in [6, 6.07) is 3.96. The highest BCUT2D eigenvalue weighted by molar-refractivity contribution is 7.07. The van der Waals surface area contributed by atoms with Crippen LogP contribution in [0.5, 0.6) is 11.5 Å². The lowest BCUT2D eigenvalue weighted by atomic mass is 10.2. The molecule has 0 bridgehead atoms. The Balaban J connectivity index is 1.89. The van der Waals surface area contributed by atoms with Crippen molar-refractivity contribution >= 4 is 17.2 Å². The van der Waals surface area contributed by atoms with E-state index in [1.807, 2.05) is 5.38 Å². The summed E-state index contributed by atoms with van der Waals surface area (Å²) in [5.74, 6) is -0.836. The van der Waals surface area contributed by atoms with E-state index in [4.69, 9.17) is 5.11 Å². The molecule has 2 aromatic rings. The number of benzene rings is 1. The van der Waals surface area contributed by atoms with Gasteiger partial charge in [-0.05, 0) is 18.2 Å². The first-order valence-corrected chi connectivity index (χ1v) is 6.28. The molecule has 0 aliphatic heterocycles. The summed E-state index contributed by atoms with van der Waals surface area (Å²) in [6.07, 6.45) is 0.666. The molecule has 0 saturated carbocycles. The Kier molecular flexibility index (Phi) is 3.78. The van der Waals surface area contributed by atoms with E-state index in [9.17, 15) is 9.90 Å². The number of nitrogens with zero attached hydrogens (tertiary/aromatic N) is 1. The average molecular weight is 264 g/mol. The van der Waals surface area contributed by atoms with Crippen LogP contribution in [-0.4, -0.2) is 27.6 Å². The highest BCUT2D eigenvalue weighted by atomic mass is 32.1. The Labute approximate surface area is 108 Å². The second-order valence-corrected chi connectivity index (χ2v) is 4.41. The molecule has 0 saturated heterocycles. The molecule has 0 atom stereocenters. The number of rotatable bonds is 4. The fraction of sp³-hybridized carbons (Fsp3) is 0.167. The maximum Gasteiger partial charge on any atom is 0.251 e. The third-order valence-electron chi connectivity index (χ3n) is 2.39. The first kappa shape index (κ1) is 12.4. The SMILES string of the molecule is O=C(NCCc1cscn1)c1ccc(O)c(O)c1. The van der Waals surface area contributed by atoms with Gasteiger partial charge in [0.25, 0.3) is 5.91 Å². The van der Waals surface area contributed by atoms with Crippen molar-refractivity contribution in [2.45, 2.75) is 6.42 Å². The molecule has 0 aliphatic rings. The molecule has 94 valence electrons. The van der Waals surface area contributed by atoms with Crippen molar-refractivity contribution < 1.29 is 15.0 Å². The zero-order chi connectivity index (χ0) is 13.0. The molecular formula is C12H12N2O3S. The third-order valence-corrected chi connectivity index (χ3v) is 3.02. The number of hydrogen-bond donors (Lipinski definition) is 3. The molecule has 0 fully saturated rings. The van der Waals surface area contributed by atoms with E-state index in [1.165, 1.54) is 29.5 Å². The van der Waals surface area contributed by atoms with Gasteiger partial charge in [-0.25, -0.2) is 4.98 Å². The van der Waals surface area contributed by atoms with E-state index in [-0.39, 0.29) is 17.4 Å². The zero-order valence-electron chi connectivity index (χ0n) is 9.46. The van der Waals surface area contributed by atoms with Gasteiger partial charge in [0, 0.05) is 23.9 Å². The van der Waals surface area contributed by atoms with E-state index in [0.717, 1.165) is 5.69 Å². The van der Waals surface area contributed by atoms with Gasteiger partial charge in [0.1, 0.15) is 0 Å². The van der Waals surface area contributed by atoms with Crippen LogP contribution < -0.4 is 5.32 Å². The first-order valence-electron chi connectivity index (χ1n) is 5.34. The van der Waals surface area contributed by atoms with Crippen molar-refractivity contribution in [3.8, 4) is 11.5 Å². The second kappa shape index (κ2) is 5.50. The maximum absolute atomic E-state index is 11.7. The van der Waals surface area contributed by atoms with Crippen molar-refractivity contribution in [3.63, 3.8) is 0 Å². The van der Waals surface area contributed by atoms with E-state index >= 15 is 0 Å². The Morgan fingerprint density at radius 2 is 2.17 bits per heavy atom. The van der Waals surface area contributed by atoms with E-state index in [1.54, 1.807) is 5.51 Å². The Morgan fingerprint density at radius 1 is 1.33 bits per heavy atom. The van der Waals surface area contributed by atoms with Crippen LogP contribution in [0.3, 0.4) is 0 Å². The summed E-state index contributed by atoms with van der Waals surface area (Å²) in [5.41, 5.74) is 2.99. The number of thiazole rings is 1. The predicted molar refractivity (Wildman–Crippen MR) is 67.9 cm³/mol. The van der Waals surface area contributed by atoms with Gasteiger partial charge in [-0.3, -0.25) is 4.79 Å². The second-order valence-electron chi connectivity index (χ2n) is 3.69. The zero-order valence-corrected chi connectivity index (χ0v) is 10.3. The van der Waals surface area contributed by atoms with Crippen molar-refractivity contribution in [2.24, 2.45) is 0 Å². The normalized spacial score (nSPS) is 10.2. The number of carbonyl (C=O) groups is 1. The molecule has 1 amide bonds. The fourth-order valence-electron chi connectivity index (χ4n) is 1.43. The van der Waals surface area contributed by atoms with Crippen molar-refractivity contribution in [1.82, 2.24) is 10.3 Å². The van der Waals surface area contributed by atoms with Gasteiger partial charge in [0.2, 0.25) is 0 Å². The minimum absolute atomic E-state index is 0.242. The van der Waals surface area contributed by atoms with Crippen LogP contribution in [0.25, 0.3) is 0 Å². The highest BCUT2D eigenvalue weighted by Crippen LogP contribution is 2.24. The minimum Gasteiger partial charge on any atom is -0.504 e. The number of aromatic nitrogens is 1. The summed E-state index contributed by atoms with van der Waals surface area (Å²) in [5, 5.41) is 23.1. The quantitative estimate of drug-likeness (QED) is 0.731. The number of amides is 1. The fourth-order valence-corrected chi connectivity index (χ4v) is 2.02. The molecule has 0 aliphatic carbocycles. The molecule has 0 unspecified atom stereocenters. The molecule has 5 nitrogen and oxygen atoms in total. The lowest BCUT2D eigenvalue weighted by Gasteiger charge is -2.05. The largest absolute Gasteiger partial charge is 0.504 e. The van der Waals surface area contributed by atoms with Gasteiger partial charge < -0.3 is 15.5 Å². The van der Waals surface area contributed by atoms with Gasteiger partial charge in [0.15, 0.2) is 11.5 Å². The molecule has 6 heteroatoms. The number of phenols is 2. The number of hydrogen-bond acceptors (Lipinski definition) is 5. The van der Waals surface area contributed by atoms with Crippen LogP contribution in [0, 0.1) is 0 Å². The maximum atomic E-state index is 11.7.